The van der Waals surface area contributed by atoms with Crippen LogP contribution in [0, 0.1) is 0 Å². The van der Waals surface area contributed by atoms with Crippen LogP contribution < -0.4 is 11.0 Å². The smallest absolute Gasteiger partial charge is 0.407 e. The maximum Gasteiger partial charge on any atom is 0.407 e. The number of nitrogens with one attached hydrogen (secondary N) is 1. The molecule has 0 radical (unpaired) electrons. The summed E-state index contributed by atoms with van der Waals surface area (Å²) in [6.45, 7) is 4.29. The van der Waals surface area contributed by atoms with Gasteiger partial charge in [-0.1, -0.05) is 6.07 Å². The Balaban J connectivity index is 1.59. The van der Waals surface area contributed by atoms with Gasteiger partial charge in [0.15, 0.2) is 0 Å². The highest BCUT2D eigenvalue weighted by atomic mass is 16.4. The number of carbonyl (C=O) groups is 3. The number of rotatable bonds is 3. The molecular weight excluding hydrogens is 390 g/mol. The summed E-state index contributed by atoms with van der Waals surface area (Å²) in [6, 6.07) is 4.92. The van der Waals surface area contributed by atoms with Crippen LogP contribution in [-0.2, 0) is 23.2 Å². The summed E-state index contributed by atoms with van der Waals surface area (Å²) >= 11 is 0. The lowest BCUT2D eigenvalue weighted by Crippen LogP contribution is -2.53. The lowest BCUT2D eigenvalue weighted by atomic mass is 10.1. The molecule has 2 atom stereocenters. The van der Waals surface area contributed by atoms with Crippen LogP contribution in [-0.4, -0.2) is 67.6 Å². The Morgan fingerprint density at radius 1 is 1.20 bits per heavy atom. The summed E-state index contributed by atoms with van der Waals surface area (Å²) < 4.78 is 2.99. The third-order valence-corrected chi connectivity index (χ3v) is 6.04. The van der Waals surface area contributed by atoms with Gasteiger partial charge in [0.05, 0.1) is 11.0 Å². The number of imide groups is 1. The Kier molecular flexibility index (Phi) is 5.10. The van der Waals surface area contributed by atoms with Gasteiger partial charge in [-0.25, -0.2) is 9.59 Å². The van der Waals surface area contributed by atoms with E-state index in [0.29, 0.717) is 38.1 Å². The second-order valence-corrected chi connectivity index (χ2v) is 8.06. The summed E-state index contributed by atoms with van der Waals surface area (Å²) in [5, 5.41) is 11.5. The Hall–Kier alpha value is -3.14. The van der Waals surface area contributed by atoms with Crippen molar-refractivity contribution < 1.29 is 19.5 Å². The Labute approximate surface area is 172 Å². The third-order valence-electron chi connectivity index (χ3n) is 6.04. The molecule has 4 rings (SSSR count). The number of fused-ring (bicyclic) bond motifs is 1. The molecule has 10 nitrogen and oxygen atoms in total. The number of carboxylic acid groups (broad SMARTS) is 1. The van der Waals surface area contributed by atoms with E-state index >= 15 is 0 Å². The molecule has 0 aliphatic carbocycles. The zero-order chi connectivity index (χ0) is 21.6. The van der Waals surface area contributed by atoms with Crippen LogP contribution in [0.15, 0.2) is 23.0 Å². The van der Waals surface area contributed by atoms with Gasteiger partial charge in [-0.3, -0.25) is 28.9 Å². The van der Waals surface area contributed by atoms with E-state index in [1.165, 1.54) is 14.0 Å². The minimum absolute atomic E-state index is 0.0852. The maximum absolute atomic E-state index is 12.8. The molecule has 2 N–H and O–H groups in total. The number of hydrogen-bond acceptors (Lipinski definition) is 5. The predicted octanol–water partition coefficient (Wildman–Crippen LogP) is 0.502. The van der Waals surface area contributed by atoms with Gasteiger partial charge in [-0.15, -0.1) is 0 Å². The normalized spacial score (nSPS) is 23.1. The highest BCUT2D eigenvalue weighted by molar-refractivity contribution is 6.00. The molecule has 0 bridgehead atoms. The highest BCUT2D eigenvalue weighted by Gasteiger charge is 2.31. The number of nitrogens with zero attached hydrogens (tertiary/aromatic N) is 4. The topological polar surface area (TPSA) is 117 Å². The van der Waals surface area contributed by atoms with E-state index in [2.05, 4.69) is 10.2 Å². The monoisotopic (exact) mass is 415 g/mol. The average Bonchev–Trinajstić information content (AvgIpc) is 2.92. The average molecular weight is 415 g/mol. The van der Waals surface area contributed by atoms with Crippen molar-refractivity contribution in [3.05, 3.63) is 34.2 Å². The van der Waals surface area contributed by atoms with Crippen LogP contribution in [0.3, 0.4) is 0 Å². The zero-order valence-corrected chi connectivity index (χ0v) is 17.0. The molecule has 0 saturated carbocycles. The highest BCUT2D eigenvalue weighted by Crippen LogP contribution is 2.24. The fraction of sp³-hybridized carbons (Fsp3) is 0.500. The fourth-order valence-corrected chi connectivity index (χ4v) is 4.46. The first-order valence-electron chi connectivity index (χ1n) is 10.0. The number of aromatic nitrogens is 2. The fourth-order valence-electron chi connectivity index (χ4n) is 4.46. The number of hydrogen-bond donors (Lipinski definition) is 2. The predicted molar refractivity (Wildman–Crippen MR) is 108 cm³/mol. The Morgan fingerprint density at radius 3 is 2.63 bits per heavy atom. The van der Waals surface area contributed by atoms with E-state index in [4.69, 9.17) is 0 Å². The number of piperidine rings is 1. The van der Waals surface area contributed by atoms with Crippen LogP contribution in [0.25, 0.3) is 11.0 Å². The standard InChI is InChI=1S/C20H25N5O5/c1-12-10-23(7-8-24(12)20(29)30)11-13-3-4-14-16(9-13)22(2)19(28)25(14)15-5-6-17(26)21-18(15)27/h3-4,9,12,15H,5-8,10-11H2,1-2H3,(H,29,30)(H,21,26,27)/t12-,15?/m0/s1. The van der Waals surface area contributed by atoms with Gasteiger partial charge in [0.25, 0.3) is 0 Å². The second-order valence-electron chi connectivity index (χ2n) is 8.06. The Morgan fingerprint density at radius 2 is 1.97 bits per heavy atom. The molecule has 1 aromatic heterocycles. The molecule has 160 valence electrons. The van der Waals surface area contributed by atoms with E-state index in [9.17, 15) is 24.3 Å². The van der Waals surface area contributed by atoms with Crippen LogP contribution in [0.2, 0.25) is 0 Å². The van der Waals surface area contributed by atoms with Gasteiger partial charge >= 0.3 is 11.8 Å². The molecule has 2 aromatic rings. The minimum atomic E-state index is -0.895. The number of imidazole rings is 1. The number of piperazine rings is 1. The van der Waals surface area contributed by atoms with Crippen LogP contribution >= 0.6 is 0 Å². The summed E-state index contributed by atoms with van der Waals surface area (Å²) in [5.41, 5.74) is 2.10. The molecule has 0 spiro atoms. The third kappa shape index (κ3) is 3.47. The number of benzene rings is 1. The zero-order valence-electron chi connectivity index (χ0n) is 17.0. The van der Waals surface area contributed by atoms with E-state index < -0.39 is 18.0 Å². The van der Waals surface area contributed by atoms with Crippen molar-refractivity contribution >= 4 is 28.9 Å². The summed E-state index contributed by atoms with van der Waals surface area (Å²) in [7, 11) is 1.67. The van der Waals surface area contributed by atoms with Gasteiger partial charge in [-0.05, 0) is 31.0 Å². The SMILES string of the molecule is C[C@H]1CN(Cc2ccc3c(c2)n(C)c(=O)n3C2CCC(=O)NC2=O)CCN1C(=O)O. The maximum atomic E-state index is 12.8. The van der Waals surface area contributed by atoms with Crippen molar-refractivity contribution in [2.75, 3.05) is 19.6 Å². The van der Waals surface area contributed by atoms with Crippen molar-refractivity contribution in [3.8, 4) is 0 Å². The lowest BCUT2D eigenvalue weighted by molar-refractivity contribution is -0.135. The molecule has 3 amide bonds. The first-order valence-corrected chi connectivity index (χ1v) is 10.0. The van der Waals surface area contributed by atoms with E-state index in [0.717, 1.165) is 11.1 Å². The van der Waals surface area contributed by atoms with Crippen molar-refractivity contribution in [2.45, 2.75) is 38.4 Å². The van der Waals surface area contributed by atoms with Gasteiger partial charge in [0.1, 0.15) is 6.04 Å². The lowest BCUT2D eigenvalue weighted by Gasteiger charge is -2.38. The minimum Gasteiger partial charge on any atom is -0.465 e. The number of amides is 3. The van der Waals surface area contributed by atoms with E-state index in [-0.39, 0.29) is 24.1 Å². The van der Waals surface area contributed by atoms with Crippen molar-refractivity contribution in [3.63, 3.8) is 0 Å². The Bertz CT molecular complexity index is 1090. The summed E-state index contributed by atoms with van der Waals surface area (Å²) in [4.78, 5) is 51.5. The van der Waals surface area contributed by atoms with Gasteiger partial charge < -0.3 is 10.0 Å². The quantitative estimate of drug-likeness (QED) is 0.705. The first-order chi connectivity index (χ1) is 14.3. The van der Waals surface area contributed by atoms with Crippen molar-refractivity contribution in [1.29, 1.82) is 0 Å². The number of aryl methyl sites for hydroxylation is 1. The molecule has 2 aliphatic rings. The molecule has 30 heavy (non-hydrogen) atoms. The van der Waals surface area contributed by atoms with Crippen LogP contribution in [0.1, 0.15) is 31.4 Å². The van der Waals surface area contributed by atoms with Gasteiger partial charge in [0, 0.05) is 45.7 Å². The molecule has 3 heterocycles. The molecule has 2 saturated heterocycles. The van der Waals surface area contributed by atoms with Crippen molar-refractivity contribution in [1.82, 2.24) is 24.3 Å². The molecule has 1 aromatic carbocycles. The molecule has 2 aliphatic heterocycles. The second kappa shape index (κ2) is 7.60. The van der Waals surface area contributed by atoms with Gasteiger partial charge in [0.2, 0.25) is 11.8 Å². The van der Waals surface area contributed by atoms with Gasteiger partial charge in [-0.2, -0.15) is 0 Å². The van der Waals surface area contributed by atoms with E-state index in [1.807, 2.05) is 25.1 Å². The largest absolute Gasteiger partial charge is 0.465 e. The first kappa shape index (κ1) is 20.1. The van der Waals surface area contributed by atoms with Crippen LogP contribution in [0.4, 0.5) is 4.79 Å². The molecular formula is C20H25N5O5. The molecule has 2 fully saturated rings. The molecule has 10 heteroatoms. The summed E-state index contributed by atoms with van der Waals surface area (Å²) in [5.74, 6) is -0.765. The van der Waals surface area contributed by atoms with E-state index in [1.54, 1.807) is 7.05 Å². The number of carbonyl (C=O) groups excluding carboxylic acids is 2. The van der Waals surface area contributed by atoms with Crippen molar-refractivity contribution in [2.24, 2.45) is 7.05 Å². The summed E-state index contributed by atoms with van der Waals surface area (Å²) in [6.07, 6.45) is -0.386. The molecule has 1 unspecified atom stereocenters. The van der Waals surface area contributed by atoms with Crippen LogP contribution in [0.5, 0.6) is 0 Å².